The zero-order valence-electron chi connectivity index (χ0n) is 24.2. The number of rotatable bonds is 11. The Morgan fingerprint density at radius 3 is 2.67 bits per heavy atom. The number of carbonyl (C=O) groups excluding carboxylic acids is 2. The van der Waals surface area contributed by atoms with Crippen molar-refractivity contribution in [1.29, 1.82) is 0 Å². The second-order valence-electron chi connectivity index (χ2n) is 11.6. The van der Waals surface area contributed by atoms with Gasteiger partial charge in [0.1, 0.15) is 18.1 Å². The van der Waals surface area contributed by atoms with Crippen LogP contribution in [0.15, 0.2) is 82.8 Å². The quantitative estimate of drug-likeness (QED) is 0.177. The summed E-state index contributed by atoms with van der Waals surface area (Å²) in [5, 5.41) is 12.3. The molecule has 2 aliphatic heterocycles. The zero-order valence-corrected chi connectivity index (χ0v) is 25.8. The van der Waals surface area contributed by atoms with Gasteiger partial charge < -0.3 is 14.6 Å². The molecular weight excluding hydrogens is 582 g/mol. The molecule has 224 valence electrons. The van der Waals surface area contributed by atoms with Crippen LogP contribution in [0.5, 0.6) is 11.5 Å². The minimum absolute atomic E-state index is 0.0771. The van der Waals surface area contributed by atoms with E-state index in [4.69, 9.17) is 21.1 Å². The minimum Gasteiger partial charge on any atom is -0.508 e. The van der Waals surface area contributed by atoms with E-state index in [1.807, 2.05) is 53.9 Å². The Morgan fingerprint density at radius 1 is 1.09 bits per heavy atom. The first-order valence-corrected chi connectivity index (χ1v) is 16.3. The highest BCUT2D eigenvalue weighted by Gasteiger charge is 2.57. The van der Waals surface area contributed by atoms with Gasteiger partial charge in [0.2, 0.25) is 11.8 Å². The van der Waals surface area contributed by atoms with Crippen LogP contribution in [0, 0.1) is 17.8 Å². The van der Waals surface area contributed by atoms with Crippen molar-refractivity contribution in [3.8, 4) is 11.5 Å². The van der Waals surface area contributed by atoms with Gasteiger partial charge in [0.25, 0.3) is 0 Å². The van der Waals surface area contributed by atoms with Crippen LogP contribution in [0.1, 0.15) is 49.5 Å². The summed E-state index contributed by atoms with van der Waals surface area (Å²) >= 11 is 7.98. The van der Waals surface area contributed by atoms with E-state index in [0.29, 0.717) is 31.2 Å². The van der Waals surface area contributed by atoms with Crippen LogP contribution >= 0.6 is 22.9 Å². The predicted molar refractivity (Wildman–Crippen MR) is 169 cm³/mol. The van der Waals surface area contributed by atoms with Crippen LogP contribution in [0.2, 0.25) is 5.02 Å². The summed E-state index contributed by atoms with van der Waals surface area (Å²) in [6.07, 6.45) is 5.97. The fourth-order valence-corrected chi connectivity index (χ4v) is 7.75. The molecule has 2 amide bonds. The highest BCUT2D eigenvalue weighted by molar-refractivity contribution is 7.09. The standard InChI is InChI=1S/C35H36ClNO5S/c1-2-7-22(16-23-12-13-25(38)18-30(23)36)11-14-31-32-24(20-41-26-8-4-3-5-9-26)17-28-33(29(32)21-42-31)35(40)37(34(28)39)19-27-10-6-15-43-27/h3-6,8-10,12-13,15-16,18,28-29,31,33,38H,2,7,11,14,17,19-21H2,1H3/b22-16+/t28-,29+,31-,33-/m1/s1. The van der Waals surface area contributed by atoms with Gasteiger partial charge in [-0.25, -0.2) is 0 Å². The number of likely N-dealkylation sites (tertiary alicyclic amines) is 1. The van der Waals surface area contributed by atoms with E-state index in [1.165, 1.54) is 10.5 Å². The molecule has 6 rings (SSSR count). The van der Waals surface area contributed by atoms with Crippen LogP contribution in [0.25, 0.3) is 6.08 Å². The lowest BCUT2D eigenvalue weighted by atomic mass is 9.69. The van der Waals surface area contributed by atoms with E-state index in [2.05, 4.69) is 13.0 Å². The van der Waals surface area contributed by atoms with E-state index in [1.54, 1.807) is 23.5 Å². The molecule has 3 aliphatic rings. The Labute approximate surface area is 261 Å². The topological polar surface area (TPSA) is 76.1 Å². The molecule has 6 nitrogen and oxygen atoms in total. The average Bonchev–Trinajstić information content (AvgIpc) is 3.73. The van der Waals surface area contributed by atoms with Crippen LogP contribution in [-0.4, -0.2) is 41.1 Å². The molecule has 0 spiro atoms. The van der Waals surface area contributed by atoms with E-state index >= 15 is 0 Å². The maximum Gasteiger partial charge on any atom is 0.234 e. The number of amides is 2. The van der Waals surface area contributed by atoms with Gasteiger partial charge in [-0.3, -0.25) is 14.5 Å². The average molecular weight is 618 g/mol. The lowest BCUT2D eigenvalue weighted by molar-refractivity contribution is -0.140. The van der Waals surface area contributed by atoms with Crippen molar-refractivity contribution in [2.75, 3.05) is 13.2 Å². The number of hydrogen-bond acceptors (Lipinski definition) is 6. The van der Waals surface area contributed by atoms with Crippen molar-refractivity contribution in [3.63, 3.8) is 0 Å². The van der Waals surface area contributed by atoms with E-state index < -0.39 is 5.92 Å². The van der Waals surface area contributed by atoms with Crippen molar-refractivity contribution < 1.29 is 24.2 Å². The Bertz CT molecular complexity index is 1530. The first kappa shape index (κ1) is 29.7. The fourth-order valence-electron chi connectivity index (χ4n) is 6.83. The molecular formula is C35H36ClNO5S. The molecule has 3 aromatic rings. The molecule has 2 fully saturated rings. The fraction of sp³-hybridized carbons (Fsp3) is 0.371. The first-order valence-electron chi connectivity index (χ1n) is 15.0. The van der Waals surface area contributed by atoms with Gasteiger partial charge in [0.05, 0.1) is 36.1 Å². The molecule has 1 aromatic heterocycles. The number of phenols is 1. The monoisotopic (exact) mass is 617 g/mol. The first-order chi connectivity index (χ1) is 20.9. The molecule has 2 aromatic carbocycles. The van der Waals surface area contributed by atoms with E-state index in [0.717, 1.165) is 53.0 Å². The van der Waals surface area contributed by atoms with Crippen molar-refractivity contribution in [1.82, 2.24) is 4.90 Å². The number of hydrogen-bond donors (Lipinski definition) is 1. The second kappa shape index (κ2) is 13.1. The minimum atomic E-state index is -0.394. The largest absolute Gasteiger partial charge is 0.508 e. The molecule has 0 radical (unpaired) electrons. The Balaban J connectivity index is 1.26. The Morgan fingerprint density at radius 2 is 1.93 bits per heavy atom. The SMILES string of the molecule is CCC/C(=C\c1ccc(O)cc1Cl)CC[C@H]1OC[C@H]2C1=C(COc1ccccc1)C[C@H]1C(=O)N(Cc3cccs3)C(=O)[C@H]12. The van der Waals surface area contributed by atoms with Gasteiger partial charge in [-0.15, -0.1) is 11.3 Å². The third-order valence-corrected chi connectivity index (χ3v) is 9.98. The van der Waals surface area contributed by atoms with Gasteiger partial charge in [-0.2, -0.15) is 0 Å². The summed E-state index contributed by atoms with van der Waals surface area (Å²) in [4.78, 5) is 29.9. The van der Waals surface area contributed by atoms with Gasteiger partial charge in [0, 0.05) is 10.8 Å². The highest BCUT2D eigenvalue weighted by Crippen LogP contribution is 2.50. The summed E-state index contributed by atoms with van der Waals surface area (Å²) < 4.78 is 12.7. The predicted octanol–water partition coefficient (Wildman–Crippen LogP) is 7.67. The molecule has 0 unspecified atom stereocenters. The number of allylic oxidation sites excluding steroid dienone is 1. The summed E-state index contributed by atoms with van der Waals surface area (Å²) in [6, 6.07) is 18.7. The van der Waals surface area contributed by atoms with Crippen LogP contribution < -0.4 is 4.74 Å². The van der Waals surface area contributed by atoms with Crippen molar-refractivity contribution >= 4 is 40.8 Å². The highest BCUT2D eigenvalue weighted by atomic mass is 35.5. The zero-order chi connectivity index (χ0) is 29.9. The van der Waals surface area contributed by atoms with Gasteiger partial charge in [-0.1, -0.05) is 60.9 Å². The molecule has 1 N–H and O–H groups in total. The smallest absolute Gasteiger partial charge is 0.234 e. The number of para-hydroxylation sites is 1. The molecule has 4 atom stereocenters. The lowest BCUT2D eigenvalue weighted by Gasteiger charge is -2.32. The number of aromatic hydroxyl groups is 1. The number of halogens is 1. The normalized spacial score (nSPS) is 23.6. The number of ether oxygens (including phenoxy) is 2. The second-order valence-corrected chi connectivity index (χ2v) is 13.0. The number of carbonyl (C=O) groups is 2. The number of imide groups is 1. The Hall–Kier alpha value is -3.39. The summed E-state index contributed by atoms with van der Waals surface area (Å²) in [6.45, 7) is 3.28. The van der Waals surface area contributed by atoms with E-state index in [9.17, 15) is 14.7 Å². The number of benzene rings is 2. The molecule has 8 heteroatoms. The summed E-state index contributed by atoms with van der Waals surface area (Å²) in [5.74, 6) is -0.149. The number of phenolic OH excluding ortho intramolecular Hbond substituents is 1. The van der Waals surface area contributed by atoms with Crippen LogP contribution in [0.4, 0.5) is 0 Å². The maximum absolute atomic E-state index is 13.8. The summed E-state index contributed by atoms with van der Waals surface area (Å²) in [5.41, 5.74) is 4.37. The molecule has 0 saturated carbocycles. The van der Waals surface area contributed by atoms with Gasteiger partial charge in [-0.05, 0) is 84.2 Å². The van der Waals surface area contributed by atoms with Crippen LogP contribution in [-0.2, 0) is 20.9 Å². The Kier molecular flexibility index (Phi) is 9.03. The molecule has 43 heavy (non-hydrogen) atoms. The third kappa shape index (κ3) is 6.30. The number of nitrogens with zero attached hydrogens (tertiary/aromatic N) is 1. The third-order valence-electron chi connectivity index (χ3n) is 8.79. The van der Waals surface area contributed by atoms with Crippen molar-refractivity contribution in [2.45, 2.75) is 51.7 Å². The van der Waals surface area contributed by atoms with Gasteiger partial charge in [0.15, 0.2) is 0 Å². The molecule has 0 bridgehead atoms. The lowest BCUT2D eigenvalue weighted by Crippen LogP contribution is -2.35. The number of fused-ring (bicyclic) bond motifs is 3. The van der Waals surface area contributed by atoms with Gasteiger partial charge >= 0.3 is 0 Å². The molecule has 2 saturated heterocycles. The summed E-state index contributed by atoms with van der Waals surface area (Å²) in [7, 11) is 0. The van der Waals surface area contributed by atoms with Crippen molar-refractivity contribution in [3.05, 3.63) is 98.2 Å². The van der Waals surface area contributed by atoms with E-state index in [-0.39, 0.29) is 35.5 Å². The number of thiophene rings is 1. The van der Waals surface area contributed by atoms with Crippen LogP contribution in [0.3, 0.4) is 0 Å². The molecule has 3 heterocycles. The van der Waals surface area contributed by atoms with Crippen molar-refractivity contribution in [2.24, 2.45) is 17.8 Å². The maximum atomic E-state index is 13.8. The molecule has 1 aliphatic carbocycles.